The minimum Gasteiger partial charge on any atom is -0.346 e. The van der Waals surface area contributed by atoms with E-state index in [0.29, 0.717) is 5.92 Å². The van der Waals surface area contributed by atoms with E-state index in [0.717, 1.165) is 42.3 Å². The Morgan fingerprint density at radius 2 is 2.16 bits per heavy atom. The van der Waals surface area contributed by atoms with Crippen molar-refractivity contribution in [3.05, 3.63) is 36.0 Å². The maximum atomic E-state index is 4.76. The summed E-state index contributed by atoms with van der Waals surface area (Å²) in [6.45, 7) is 4.37. The molecule has 0 aliphatic carbocycles. The Bertz CT molecular complexity index is 526. The molecule has 1 aliphatic rings. The Morgan fingerprint density at radius 1 is 1.32 bits per heavy atom. The van der Waals surface area contributed by atoms with Crippen molar-refractivity contribution < 1.29 is 0 Å². The minimum atomic E-state index is 0.713. The second-order valence-electron chi connectivity index (χ2n) is 5.31. The van der Waals surface area contributed by atoms with E-state index in [1.54, 1.807) is 0 Å². The second-order valence-corrected chi connectivity index (χ2v) is 5.31. The molecule has 1 saturated heterocycles. The quantitative estimate of drug-likeness (QED) is 0.886. The summed E-state index contributed by atoms with van der Waals surface area (Å²) in [6.07, 6.45) is 7.25. The molecule has 4 nitrogen and oxygen atoms in total. The first kappa shape index (κ1) is 12.4. The van der Waals surface area contributed by atoms with Crippen LogP contribution in [0.25, 0.3) is 11.3 Å². The minimum absolute atomic E-state index is 0.713. The Kier molecular flexibility index (Phi) is 3.60. The van der Waals surface area contributed by atoms with E-state index in [1.807, 2.05) is 24.5 Å². The molecule has 0 aromatic carbocycles. The van der Waals surface area contributed by atoms with Gasteiger partial charge < -0.3 is 10.3 Å². The number of pyridine rings is 1. The van der Waals surface area contributed by atoms with Crippen LogP contribution in [-0.2, 0) is 6.42 Å². The molecule has 1 unspecified atom stereocenters. The molecular formula is C15H20N4. The summed E-state index contributed by atoms with van der Waals surface area (Å²) < 4.78 is 0. The van der Waals surface area contributed by atoms with E-state index in [2.05, 4.69) is 22.2 Å². The molecule has 100 valence electrons. The number of imidazole rings is 1. The zero-order valence-electron chi connectivity index (χ0n) is 11.3. The number of aromatic amines is 1. The van der Waals surface area contributed by atoms with Crippen molar-refractivity contribution >= 4 is 0 Å². The van der Waals surface area contributed by atoms with Crippen molar-refractivity contribution in [2.45, 2.75) is 26.2 Å². The van der Waals surface area contributed by atoms with Crippen LogP contribution in [-0.4, -0.2) is 28.0 Å². The first-order valence-corrected chi connectivity index (χ1v) is 6.99. The predicted octanol–water partition coefficient (Wildman–Crippen LogP) is 2.32. The van der Waals surface area contributed by atoms with E-state index in [-0.39, 0.29) is 0 Å². The molecular weight excluding hydrogens is 236 g/mol. The van der Waals surface area contributed by atoms with Gasteiger partial charge in [0.15, 0.2) is 0 Å². The van der Waals surface area contributed by atoms with Crippen molar-refractivity contribution in [2.75, 3.05) is 13.1 Å². The average Bonchev–Trinajstić information content (AvgIpc) is 2.82. The Morgan fingerprint density at radius 3 is 2.89 bits per heavy atom. The van der Waals surface area contributed by atoms with Gasteiger partial charge in [0, 0.05) is 30.1 Å². The van der Waals surface area contributed by atoms with Gasteiger partial charge in [0.25, 0.3) is 0 Å². The van der Waals surface area contributed by atoms with Crippen molar-refractivity contribution in [2.24, 2.45) is 5.92 Å². The van der Waals surface area contributed by atoms with E-state index in [1.165, 1.54) is 12.8 Å². The van der Waals surface area contributed by atoms with Crippen molar-refractivity contribution in [1.82, 2.24) is 20.3 Å². The first-order chi connectivity index (χ1) is 9.33. The largest absolute Gasteiger partial charge is 0.346 e. The number of nitrogens with zero attached hydrogens (tertiary/aromatic N) is 2. The highest BCUT2D eigenvalue weighted by atomic mass is 14.9. The lowest BCUT2D eigenvalue weighted by molar-refractivity contribution is 0.371. The van der Waals surface area contributed by atoms with Gasteiger partial charge in [-0.2, -0.15) is 0 Å². The van der Waals surface area contributed by atoms with Gasteiger partial charge in [-0.25, -0.2) is 4.98 Å². The van der Waals surface area contributed by atoms with Crippen LogP contribution in [0.15, 0.2) is 24.5 Å². The number of rotatable bonds is 3. The monoisotopic (exact) mass is 256 g/mol. The molecule has 2 aromatic heterocycles. The molecule has 0 bridgehead atoms. The third kappa shape index (κ3) is 2.84. The Hall–Kier alpha value is -1.68. The average molecular weight is 256 g/mol. The molecule has 2 aromatic rings. The van der Waals surface area contributed by atoms with Crippen LogP contribution in [0, 0.1) is 12.8 Å². The third-order valence-corrected chi connectivity index (χ3v) is 3.77. The molecule has 1 atom stereocenters. The smallest absolute Gasteiger partial charge is 0.107 e. The SMILES string of the molecule is Cc1[nH]c(CC2CCCNC2)nc1-c1ccncc1. The molecule has 1 aliphatic heterocycles. The van der Waals surface area contributed by atoms with Crippen LogP contribution in [0.4, 0.5) is 0 Å². The van der Waals surface area contributed by atoms with E-state index in [9.17, 15) is 0 Å². The summed E-state index contributed by atoms with van der Waals surface area (Å²) in [6, 6.07) is 4.02. The van der Waals surface area contributed by atoms with Gasteiger partial charge in [0.2, 0.25) is 0 Å². The molecule has 19 heavy (non-hydrogen) atoms. The number of aromatic nitrogens is 3. The summed E-state index contributed by atoms with van der Waals surface area (Å²) in [7, 11) is 0. The molecule has 2 N–H and O–H groups in total. The number of nitrogens with one attached hydrogen (secondary N) is 2. The topological polar surface area (TPSA) is 53.6 Å². The highest BCUT2D eigenvalue weighted by Crippen LogP contribution is 2.22. The molecule has 0 radical (unpaired) electrons. The number of hydrogen-bond donors (Lipinski definition) is 2. The fraction of sp³-hybridized carbons (Fsp3) is 0.467. The fourth-order valence-electron chi connectivity index (χ4n) is 2.78. The van der Waals surface area contributed by atoms with Gasteiger partial charge in [-0.1, -0.05) is 0 Å². The van der Waals surface area contributed by atoms with Crippen LogP contribution >= 0.6 is 0 Å². The molecule has 1 fully saturated rings. The molecule has 3 rings (SSSR count). The third-order valence-electron chi connectivity index (χ3n) is 3.77. The number of piperidine rings is 1. The van der Waals surface area contributed by atoms with Crippen molar-refractivity contribution in [3.8, 4) is 11.3 Å². The summed E-state index contributed by atoms with van der Waals surface area (Å²) in [5, 5.41) is 3.46. The van der Waals surface area contributed by atoms with Crippen LogP contribution in [0.3, 0.4) is 0 Å². The lowest BCUT2D eigenvalue weighted by Crippen LogP contribution is -2.31. The molecule has 0 saturated carbocycles. The van der Waals surface area contributed by atoms with Gasteiger partial charge in [-0.3, -0.25) is 4.98 Å². The van der Waals surface area contributed by atoms with E-state index >= 15 is 0 Å². The predicted molar refractivity (Wildman–Crippen MR) is 75.9 cm³/mol. The van der Waals surface area contributed by atoms with Gasteiger partial charge in [-0.15, -0.1) is 0 Å². The van der Waals surface area contributed by atoms with Crippen LogP contribution in [0.5, 0.6) is 0 Å². The Balaban J connectivity index is 1.77. The van der Waals surface area contributed by atoms with Gasteiger partial charge in [-0.05, 0) is 50.9 Å². The zero-order chi connectivity index (χ0) is 13.1. The van der Waals surface area contributed by atoms with Crippen LogP contribution in [0.2, 0.25) is 0 Å². The molecule has 3 heterocycles. The summed E-state index contributed by atoms with van der Waals surface area (Å²) in [4.78, 5) is 12.2. The highest BCUT2D eigenvalue weighted by Gasteiger charge is 2.16. The lowest BCUT2D eigenvalue weighted by atomic mass is 9.96. The molecule has 4 heteroatoms. The lowest BCUT2D eigenvalue weighted by Gasteiger charge is -2.21. The molecule has 0 spiro atoms. The van der Waals surface area contributed by atoms with Gasteiger partial charge >= 0.3 is 0 Å². The van der Waals surface area contributed by atoms with Gasteiger partial charge in [0.05, 0.1) is 5.69 Å². The first-order valence-electron chi connectivity index (χ1n) is 6.99. The maximum Gasteiger partial charge on any atom is 0.107 e. The van der Waals surface area contributed by atoms with E-state index < -0.39 is 0 Å². The summed E-state index contributed by atoms with van der Waals surface area (Å²) in [5.74, 6) is 1.82. The summed E-state index contributed by atoms with van der Waals surface area (Å²) >= 11 is 0. The zero-order valence-corrected chi connectivity index (χ0v) is 11.3. The number of hydrogen-bond acceptors (Lipinski definition) is 3. The summed E-state index contributed by atoms with van der Waals surface area (Å²) in [5.41, 5.74) is 3.34. The standard InChI is InChI=1S/C15H20N4/c1-11-15(13-4-7-16-8-5-13)19-14(18-11)9-12-3-2-6-17-10-12/h4-5,7-8,12,17H,2-3,6,9-10H2,1H3,(H,18,19). The van der Waals surface area contributed by atoms with Crippen LogP contribution < -0.4 is 5.32 Å². The van der Waals surface area contributed by atoms with E-state index in [4.69, 9.17) is 4.98 Å². The Labute approximate surface area is 113 Å². The fourth-order valence-corrected chi connectivity index (χ4v) is 2.78. The van der Waals surface area contributed by atoms with Crippen LogP contribution in [0.1, 0.15) is 24.4 Å². The highest BCUT2D eigenvalue weighted by molar-refractivity contribution is 5.61. The maximum absolute atomic E-state index is 4.76. The normalized spacial score (nSPS) is 19.5. The number of H-pyrrole nitrogens is 1. The molecule has 0 amide bonds. The van der Waals surface area contributed by atoms with Crippen molar-refractivity contribution in [1.29, 1.82) is 0 Å². The van der Waals surface area contributed by atoms with Crippen molar-refractivity contribution in [3.63, 3.8) is 0 Å². The number of aryl methyl sites for hydroxylation is 1. The van der Waals surface area contributed by atoms with Gasteiger partial charge in [0.1, 0.15) is 5.82 Å². The second kappa shape index (κ2) is 5.53.